The summed E-state index contributed by atoms with van der Waals surface area (Å²) in [5, 5.41) is 23.6. The Morgan fingerprint density at radius 3 is 2.62 bits per heavy atom. The molecule has 1 amide bonds. The minimum absolute atomic E-state index is 0.0169. The molecule has 0 atom stereocenters. The van der Waals surface area contributed by atoms with E-state index in [1.807, 2.05) is 0 Å². The van der Waals surface area contributed by atoms with Gasteiger partial charge in [0.25, 0.3) is 11.6 Å². The Balaban J connectivity index is 1.86. The molecular formula is C20H11Cl2N3O4. The first kappa shape index (κ1) is 20.1. The lowest BCUT2D eigenvalue weighted by atomic mass is 10.2. The minimum Gasteiger partial charge on any atom is -0.457 e. The highest BCUT2D eigenvalue weighted by Crippen LogP contribution is 2.32. The van der Waals surface area contributed by atoms with Gasteiger partial charge in [0.05, 0.1) is 9.95 Å². The lowest BCUT2D eigenvalue weighted by Crippen LogP contribution is -2.14. The number of hydrogen-bond acceptors (Lipinski definition) is 5. The Kier molecular flexibility index (Phi) is 5.98. The maximum atomic E-state index is 12.4. The topological polar surface area (TPSA) is 109 Å². The highest BCUT2D eigenvalue weighted by atomic mass is 35.5. The van der Waals surface area contributed by atoms with Gasteiger partial charge in [-0.05, 0) is 36.4 Å². The van der Waals surface area contributed by atoms with E-state index in [2.05, 4.69) is 5.32 Å². The van der Waals surface area contributed by atoms with Gasteiger partial charge in [0.15, 0.2) is 0 Å². The van der Waals surface area contributed by atoms with Crippen molar-refractivity contribution < 1.29 is 14.1 Å². The fraction of sp³-hybridized carbons (Fsp3) is 0. The van der Waals surface area contributed by atoms with Gasteiger partial charge < -0.3 is 9.73 Å². The Morgan fingerprint density at radius 1 is 1.17 bits per heavy atom. The lowest BCUT2D eigenvalue weighted by Gasteiger charge is -2.04. The van der Waals surface area contributed by atoms with Crippen LogP contribution in [0.3, 0.4) is 0 Å². The molecule has 29 heavy (non-hydrogen) atoms. The third kappa shape index (κ3) is 4.63. The molecule has 3 rings (SSSR count). The van der Waals surface area contributed by atoms with Gasteiger partial charge in [-0.3, -0.25) is 14.9 Å². The van der Waals surface area contributed by atoms with E-state index in [1.165, 1.54) is 30.3 Å². The molecule has 0 saturated carbocycles. The summed E-state index contributed by atoms with van der Waals surface area (Å²) in [7, 11) is 0. The summed E-state index contributed by atoms with van der Waals surface area (Å²) < 4.78 is 5.64. The van der Waals surface area contributed by atoms with Gasteiger partial charge in [-0.25, -0.2) is 0 Å². The van der Waals surface area contributed by atoms with Crippen LogP contribution in [0, 0.1) is 21.4 Å². The number of rotatable bonds is 5. The fourth-order valence-corrected chi connectivity index (χ4v) is 2.99. The molecule has 1 heterocycles. The van der Waals surface area contributed by atoms with Crippen molar-refractivity contribution >= 4 is 46.6 Å². The molecule has 1 N–H and O–H groups in total. The molecule has 0 aliphatic heterocycles. The van der Waals surface area contributed by atoms with Gasteiger partial charge in [-0.2, -0.15) is 5.26 Å². The Bertz CT molecular complexity index is 1180. The van der Waals surface area contributed by atoms with Crippen LogP contribution in [0.15, 0.2) is 64.6 Å². The first-order valence-electron chi connectivity index (χ1n) is 8.11. The van der Waals surface area contributed by atoms with Gasteiger partial charge in [-0.15, -0.1) is 0 Å². The summed E-state index contributed by atoms with van der Waals surface area (Å²) in [6, 6.07) is 15.5. The number of furan rings is 1. The SMILES string of the molecule is N#C/C(=C\c1ccc(-c2ccc(Cl)cc2Cl)o1)C(=O)Nc1ccccc1[N+](=O)[O-]. The van der Waals surface area contributed by atoms with Gasteiger partial charge >= 0.3 is 0 Å². The summed E-state index contributed by atoms with van der Waals surface area (Å²) in [4.78, 5) is 22.8. The number of benzene rings is 2. The molecule has 0 aliphatic rings. The predicted molar refractivity (Wildman–Crippen MR) is 109 cm³/mol. The van der Waals surface area contributed by atoms with Crippen LogP contribution in [0.2, 0.25) is 10.0 Å². The first-order chi connectivity index (χ1) is 13.9. The van der Waals surface area contributed by atoms with Crippen LogP contribution in [-0.4, -0.2) is 10.8 Å². The molecule has 0 fully saturated rings. The number of carbonyl (C=O) groups is 1. The number of nitro benzene ring substituents is 1. The number of para-hydroxylation sites is 2. The fourth-order valence-electron chi connectivity index (χ4n) is 2.48. The first-order valence-corrected chi connectivity index (χ1v) is 8.86. The van der Waals surface area contributed by atoms with E-state index in [0.717, 1.165) is 0 Å². The van der Waals surface area contributed by atoms with Gasteiger partial charge in [0.1, 0.15) is 28.9 Å². The number of halogens is 2. The number of nitrogens with zero attached hydrogens (tertiary/aromatic N) is 2. The Morgan fingerprint density at radius 2 is 1.93 bits per heavy atom. The molecule has 0 unspecified atom stereocenters. The number of carbonyl (C=O) groups excluding carboxylic acids is 1. The number of nitriles is 1. The summed E-state index contributed by atoms with van der Waals surface area (Å²) in [6.45, 7) is 0. The number of hydrogen-bond donors (Lipinski definition) is 1. The van der Waals surface area contributed by atoms with Crippen LogP contribution in [-0.2, 0) is 4.79 Å². The molecular weight excluding hydrogens is 417 g/mol. The third-order valence-electron chi connectivity index (χ3n) is 3.82. The zero-order valence-corrected chi connectivity index (χ0v) is 16.1. The Labute approximate surface area is 174 Å². The van der Waals surface area contributed by atoms with E-state index in [0.29, 0.717) is 21.4 Å². The van der Waals surface area contributed by atoms with Crippen LogP contribution < -0.4 is 5.32 Å². The average Bonchev–Trinajstić information content (AvgIpc) is 3.14. The van der Waals surface area contributed by atoms with Crippen molar-refractivity contribution in [3.05, 3.63) is 86.1 Å². The van der Waals surface area contributed by atoms with Crippen LogP contribution in [0.1, 0.15) is 5.76 Å². The highest BCUT2D eigenvalue weighted by molar-refractivity contribution is 6.36. The average molecular weight is 428 g/mol. The van der Waals surface area contributed by atoms with E-state index in [1.54, 1.807) is 36.4 Å². The van der Waals surface area contributed by atoms with Crippen molar-refractivity contribution in [3.63, 3.8) is 0 Å². The van der Waals surface area contributed by atoms with Crippen molar-refractivity contribution in [1.29, 1.82) is 5.26 Å². The van der Waals surface area contributed by atoms with Gasteiger partial charge in [0.2, 0.25) is 0 Å². The molecule has 144 valence electrons. The van der Waals surface area contributed by atoms with Crippen LogP contribution >= 0.6 is 23.2 Å². The normalized spacial score (nSPS) is 11.0. The molecule has 0 radical (unpaired) electrons. The van der Waals surface area contributed by atoms with E-state index < -0.39 is 10.8 Å². The largest absolute Gasteiger partial charge is 0.457 e. The summed E-state index contributed by atoms with van der Waals surface area (Å²) in [5.74, 6) is -0.140. The zero-order valence-electron chi connectivity index (χ0n) is 14.6. The maximum absolute atomic E-state index is 12.4. The van der Waals surface area contributed by atoms with E-state index in [9.17, 15) is 20.2 Å². The van der Waals surface area contributed by atoms with Crippen LogP contribution in [0.5, 0.6) is 0 Å². The van der Waals surface area contributed by atoms with E-state index >= 15 is 0 Å². The molecule has 1 aromatic heterocycles. The molecule has 0 saturated heterocycles. The second-order valence-corrected chi connectivity index (χ2v) is 6.57. The van der Waals surface area contributed by atoms with Crippen molar-refractivity contribution in [2.75, 3.05) is 5.32 Å². The molecule has 7 nitrogen and oxygen atoms in total. The minimum atomic E-state index is -0.802. The van der Waals surface area contributed by atoms with Crippen molar-refractivity contribution in [1.82, 2.24) is 0 Å². The smallest absolute Gasteiger partial charge is 0.292 e. The summed E-state index contributed by atoms with van der Waals surface area (Å²) in [5.41, 5.74) is 0.0115. The zero-order chi connectivity index (χ0) is 21.0. The summed E-state index contributed by atoms with van der Waals surface area (Å²) >= 11 is 12.0. The standard InChI is InChI=1S/C20H11Cl2N3O4/c21-13-5-7-15(16(22)10-13)19-8-6-14(29-19)9-12(11-23)20(26)24-17-3-1-2-4-18(17)25(27)28/h1-10H,(H,24,26)/b12-9+. The third-order valence-corrected chi connectivity index (χ3v) is 4.37. The second kappa shape index (κ2) is 8.61. The summed E-state index contributed by atoms with van der Waals surface area (Å²) in [6.07, 6.45) is 1.23. The van der Waals surface area contributed by atoms with Crippen LogP contribution in [0.25, 0.3) is 17.4 Å². The Hall–Kier alpha value is -3.60. The van der Waals surface area contributed by atoms with Crippen molar-refractivity contribution in [3.8, 4) is 17.4 Å². The van der Waals surface area contributed by atoms with Crippen LogP contribution in [0.4, 0.5) is 11.4 Å². The van der Waals surface area contributed by atoms with Gasteiger partial charge in [0, 0.05) is 22.7 Å². The molecule has 0 bridgehead atoms. The molecule has 9 heteroatoms. The quantitative estimate of drug-likeness (QED) is 0.242. The number of nitro groups is 1. The second-order valence-electron chi connectivity index (χ2n) is 5.72. The predicted octanol–water partition coefficient (Wildman–Crippen LogP) is 5.71. The van der Waals surface area contributed by atoms with Crippen molar-refractivity contribution in [2.24, 2.45) is 0 Å². The molecule has 0 spiro atoms. The number of anilines is 1. The van der Waals surface area contributed by atoms with Crippen molar-refractivity contribution in [2.45, 2.75) is 0 Å². The maximum Gasteiger partial charge on any atom is 0.292 e. The monoisotopic (exact) mass is 427 g/mol. The molecule has 2 aromatic carbocycles. The number of amides is 1. The lowest BCUT2D eigenvalue weighted by molar-refractivity contribution is -0.383. The van der Waals surface area contributed by atoms with E-state index in [-0.39, 0.29) is 22.7 Å². The number of nitrogens with one attached hydrogen (secondary N) is 1. The van der Waals surface area contributed by atoms with E-state index in [4.69, 9.17) is 27.6 Å². The molecule has 0 aliphatic carbocycles. The highest BCUT2D eigenvalue weighted by Gasteiger charge is 2.18. The van der Waals surface area contributed by atoms with Gasteiger partial charge in [-0.1, -0.05) is 35.3 Å². The molecule has 3 aromatic rings.